The standard InChI is InChI=1S/C18H14F4N2O4S.C11H11F3N2O3/c1-17(26,10-29(27,28)14-6-3-12(19)4-7-14)16(25)24-13-5-2-11(9-23)15(8-13)18(20,21)22;1-6(2)10(17)15-7-3-4-9(16(18)19)8(5-7)11(12,13)14/h2-8,26H,10H2,1H3,(H,24,25);3-6H,1-2H3,(H,15,17). The lowest BCUT2D eigenvalue weighted by atomic mass is 10.1. The molecule has 0 spiro atoms. The average molecular weight is 707 g/mol. The van der Waals surface area contributed by atoms with Crippen LogP contribution in [0.5, 0.6) is 0 Å². The van der Waals surface area contributed by atoms with E-state index >= 15 is 0 Å². The number of halogens is 7. The molecular weight excluding hydrogens is 681 g/mol. The molecule has 0 saturated carbocycles. The zero-order valence-corrected chi connectivity index (χ0v) is 25.7. The van der Waals surface area contributed by atoms with E-state index in [-0.39, 0.29) is 16.3 Å². The van der Waals surface area contributed by atoms with Crippen LogP contribution in [0.15, 0.2) is 65.6 Å². The third kappa shape index (κ3) is 10.5. The Bertz CT molecular complexity index is 1840. The summed E-state index contributed by atoms with van der Waals surface area (Å²) in [5, 5.41) is 33.8. The molecule has 0 aliphatic rings. The van der Waals surface area contributed by atoms with Gasteiger partial charge in [0.15, 0.2) is 15.4 Å². The number of nitrogens with zero attached hydrogens (tertiary/aromatic N) is 2. The monoisotopic (exact) mass is 706 g/mol. The molecule has 3 aromatic carbocycles. The van der Waals surface area contributed by atoms with Gasteiger partial charge in [-0.3, -0.25) is 19.7 Å². The van der Waals surface area contributed by atoms with Crippen molar-refractivity contribution < 1.29 is 58.8 Å². The third-order valence-corrected chi connectivity index (χ3v) is 8.06. The largest absolute Gasteiger partial charge is 0.423 e. The van der Waals surface area contributed by atoms with Crippen LogP contribution in [-0.4, -0.2) is 41.6 Å². The molecule has 19 heteroatoms. The van der Waals surface area contributed by atoms with Crippen molar-refractivity contribution in [1.29, 1.82) is 5.26 Å². The molecule has 2 amide bonds. The number of nitro benzene ring substituents is 1. The number of sulfone groups is 1. The number of hydrogen-bond donors (Lipinski definition) is 3. The Balaban J connectivity index is 0.000000365. The van der Waals surface area contributed by atoms with E-state index in [1.54, 1.807) is 13.8 Å². The summed E-state index contributed by atoms with van der Waals surface area (Å²) < 4.78 is 115. The molecule has 3 aromatic rings. The molecule has 3 rings (SSSR count). The summed E-state index contributed by atoms with van der Waals surface area (Å²) in [6.07, 6.45) is -9.72. The number of aliphatic hydroxyl groups is 1. The van der Waals surface area contributed by atoms with Crippen LogP contribution in [0.1, 0.15) is 37.5 Å². The number of rotatable bonds is 8. The molecule has 0 aliphatic carbocycles. The molecular formula is C29H25F7N4O7S. The van der Waals surface area contributed by atoms with Gasteiger partial charge in [-0.25, -0.2) is 12.8 Å². The summed E-state index contributed by atoms with van der Waals surface area (Å²) in [7, 11) is -4.21. The smallest absolute Gasteiger partial charge is 0.379 e. The maximum absolute atomic E-state index is 13.0. The average Bonchev–Trinajstić information content (AvgIpc) is 2.96. The lowest BCUT2D eigenvalue weighted by Gasteiger charge is -2.22. The highest BCUT2D eigenvalue weighted by atomic mass is 32.2. The van der Waals surface area contributed by atoms with E-state index in [0.717, 1.165) is 55.5 Å². The van der Waals surface area contributed by atoms with Gasteiger partial charge in [0.2, 0.25) is 5.91 Å². The molecule has 0 saturated heterocycles. The first-order chi connectivity index (χ1) is 21.9. The van der Waals surface area contributed by atoms with Crippen molar-refractivity contribution in [3.63, 3.8) is 0 Å². The van der Waals surface area contributed by atoms with Gasteiger partial charge in [-0.15, -0.1) is 0 Å². The van der Waals surface area contributed by atoms with E-state index in [9.17, 15) is 64.0 Å². The van der Waals surface area contributed by atoms with Crippen molar-refractivity contribution in [3.8, 4) is 6.07 Å². The lowest BCUT2D eigenvalue weighted by molar-refractivity contribution is -0.388. The maximum Gasteiger partial charge on any atom is 0.423 e. The summed E-state index contributed by atoms with van der Waals surface area (Å²) in [6, 6.07) is 9.74. The Morgan fingerprint density at radius 2 is 1.42 bits per heavy atom. The van der Waals surface area contributed by atoms with Crippen LogP contribution >= 0.6 is 0 Å². The Morgan fingerprint density at radius 1 is 0.917 bits per heavy atom. The maximum atomic E-state index is 13.0. The van der Waals surface area contributed by atoms with Gasteiger partial charge in [0, 0.05) is 23.4 Å². The zero-order chi connectivity index (χ0) is 36.8. The fraction of sp³-hybridized carbons (Fsp3) is 0.276. The Morgan fingerprint density at radius 3 is 1.90 bits per heavy atom. The highest BCUT2D eigenvalue weighted by Crippen LogP contribution is 2.38. The second-order valence-corrected chi connectivity index (χ2v) is 12.4. The van der Waals surface area contributed by atoms with Crippen molar-refractivity contribution in [2.24, 2.45) is 5.92 Å². The SMILES string of the molecule is CC(C)C(=O)Nc1ccc([N+](=O)[O-])c(C(F)(F)F)c1.CC(O)(CS(=O)(=O)c1ccc(F)cc1)C(=O)Nc1ccc(C#N)c(C(F)(F)F)c1. The number of nitrogens with one attached hydrogen (secondary N) is 2. The van der Waals surface area contributed by atoms with Crippen LogP contribution in [-0.2, 0) is 31.8 Å². The topological polar surface area (TPSA) is 179 Å². The van der Waals surface area contributed by atoms with Gasteiger partial charge < -0.3 is 15.7 Å². The molecule has 258 valence electrons. The molecule has 0 bridgehead atoms. The van der Waals surface area contributed by atoms with Gasteiger partial charge in [0.25, 0.3) is 11.6 Å². The molecule has 1 atom stereocenters. The van der Waals surface area contributed by atoms with Crippen LogP contribution in [0.25, 0.3) is 0 Å². The van der Waals surface area contributed by atoms with E-state index in [1.807, 2.05) is 5.32 Å². The Hall–Kier alpha value is -5.09. The third-order valence-electron chi connectivity index (χ3n) is 6.13. The minimum Gasteiger partial charge on any atom is -0.379 e. The second kappa shape index (κ2) is 14.8. The fourth-order valence-electron chi connectivity index (χ4n) is 3.67. The highest BCUT2D eigenvalue weighted by molar-refractivity contribution is 7.91. The van der Waals surface area contributed by atoms with E-state index in [4.69, 9.17) is 5.26 Å². The van der Waals surface area contributed by atoms with Crippen molar-refractivity contribution in [2.75, 3.05) is 16.4 Å². The quantitative estimate of drug-likeness (QED) is 0.109. The lowest BCUT2D eigenvalue weighted by Crippen LogP contribution is -2.45. The van der Waals surface area contributed by atoms with E-state index in [1.165, 1.54) is 6.07 Å². The zero-order valence-electron chi connectivity index (χ0n) is 24.9. The number of carbonyl (C=O) groups excluding carboxylic acids is 2. The first-order valence-corrected chi connectivity index (χ1v) is 14.8. The van der Waals surface area contributed by atoms with Crippen LogP contribution in [0, 0.1) is 33.2 Å². The molecule has 0 aromatic heterocycles. The first kappa shape index (κ1) is 39.1. The highest BCUT2D eigenvalue weighted by Gasteiger charge is 2.39. The van der Waals surface area contributed by atoms with Gasteiger partial charge in [-0.2, -0.15) is 31.6 Å². The van der Waals surface area contributed by atoms with Gasteiger partial charge in [-0.05, 0) is 61.5 Å². The first-order valence-electron chi connectivity index (χ1n) is 13.2. The minimum atomic E-state index is -4.86. The summed E-state index contributed by atoms with van der Waals surface area (Å²) in [4.78, 5) is 32.7. The van der Waals surface area contributed by atoms with Gasteiger partial charge in [0.05, 0.1) is 32.8 Å². The molecule has 0 radical (unpaired) electrons. The van der Waals surface area contributed by atoms with Gasteiger partial charge in [0.1, 0.15) is 11.4 Å². The molecule has 0 aliphatic heterocycles. The molecule has 0 heterocycles. The van der Waals surface area contributed by atoms with Crippen molar-refractivity contribution in [1.82, 2.24) is 0 Å². The predicted molar refractivity (Wildman–Crippen MR) is 155 cm³/mol. The molecule has 11 nitrogen and oxygen atoms in total. The Kier molecular flexibility index (Phi) is 12.0. The summed E-state index contributed by atoms with van der Waals surface area (Å²) >= 11 is 0. The van der Waals surface area contributed by atoms with Crippen molar-refractivity contribution in [2.45, 2.75) is 43.6 Å². The summed E-state index contributed by atoms with van der Waals surface area (Å²) in [5.41, 5.74) is -7.43. The number of anilines is 2. The normalized spacial score (nSPS) is 13.0. The van der Waals surface area contributed by atoms with Crippen LogP contribution in [0.4, 0.5) is 47.8 Å². The molecule has 3 N–H and O–H groups in total. The van der Waals surface area contributed by atoms with E-state index < -0.39 is 84.4 Å². The summed E-state index contributed by atoms with van der Waals surface area (Å²) in [6.45, 7) is 4.02. The number of benzene rings is 3. The van der Waals surface area contributed by atoms with Crippen LogP contribution in [0.3, 0.4) is 0 Å². The minimum absolute atomic E-state index is 0.128. The second-order valence-electron chi connectivity index (χ2n) is 10.4. The van der Waals surface area contributed by atoms with E-state index in [0.29, 0.717) is 12.1 Å². The number of amides is 2. The van der Waals surface area contributed by atoms with Crippen LogP contribution in [0.2, 0.25) is 0 Å². The predicted octanol–water partition coefficient (Wildman–Crippen LogP) is 6.09. The molecule has 1 unspecified atom stereocenters. The van der Waals surface area contributed by atoms with Gasteiger partial charge in [-0.1, -0.05) is 13.8 Å². The van der Waals surface area contributed by atoms with Crippen LogP contribution < -0.4 is 10.6 Å². The number of nitriles is 1. The Labute approximate surface area is 268 Å². The van der Waals surface area contributed by atoms with Gasteiger partial charge >= 0.3 is 12.4 Å². The summed E-state index contributed by atoms with van der Waals surface area (Å²) in [5.74, 6) is -3.94. The molecule has 48 heavy (non-hydrogen) atoms. The van der Waals surface area contributed by atoms with Crippen molar-refractivity contribution in [3.05, 3.63) is 93.3 Å². The number of alkyl halides is 6. The number of nitro groups is 1. The fourth-order valence-corrected chi connectivity index (χ4v) is 5.26. The molecule has 0 fully saturated rings. The number of carbonyl (C=O) groups is 2. The van der Waals surface area contributed by atoms with E-state index in [2.05, 4.69) is 5.32 Å². The number of hydrogen-bond acceptors (Lipinski definition) is 8. The van der Waals surface area contributed by atoms with Crippen molar-refractivity contribution >= 4 is 38.7 Å².